The molecule has 0 amide bonds. The summed E-state index contributed by atoms with van der Waals surface area (Å²) in [5.74, 6) is 0.628. The highest BCUT2D eigenvalue weighted by Gasteiger charge is 2.16. The van der Waals surface area contributed by atoms with Gasteiger partial charge in [0.15, 0.2) is 0 Å². The van der Waals surface area contributed by atoms with E-state index in [9.17, 15) is 4.39 Å². The third-order valence-corrected chi connectivity index (χ3v) is 3.25. The van der Waals surface area contributed by atoms with Crippen molar-refractivity contribution in [1.82, 2.24) is 4.90 Å². The maximum Gasteiger partial charge on any atom is 0.123 e. The van der Waals surface area contributed by atoms with E-state index in [1.54, 1.807) is 12.1 Å². The van der Waals surface area contributed by atoms with Crippen LogP contribution in [0.4, 0.5) is 4.39 Å². The Bertz CT molecular complexity index is 316. The van der Waals surface area contributed by atoms with Crippen molar-refractivity contribution in [2.45, 2.75) is 19.3 Å². The average Bonchev–Trinajstić information content (AvgIpc) is 2.22. The predicted octanol–water partition coefficient (Wildman–Crippen LogP) is 2.71. The number of halogens is 1. The van der Waals surface area contributed by atoms with E-state index < -0.39 is 0 Å². The summed E-state index contributed by atoms with van der Waals surface area (Å²) in [7, 11) is 2.17. The molecule has 0 spiro atoms. The monoisotopic (exact) mass is 207 g/mol. The summed E-state index contributed by atoms with van der Waals surface area (Å²) >= 11 is 0. The minimum Gasteiger partial charge on any atom is -0.306 e. The number of piperidine rings is 1. The molecule has 2 heteroatoms. The molecule has 0 radical (unpaired) electrons. The second-order valence-corrected chi connectivity index (χ2v) is 4.58. The molecule has 1 aliphatic rings. The predicted molar refractivity (Wildman–Crippen MR) is 60.3 cm³/mol. The third kappa shape index (κ3) is 3.03. The number of hydrogen-bond donors (Lipinski definition) is 0. The molecule has 1 fully saturated rings. The molecule has 0 saturated carbocycles. The van der Waals surface area contributed by atoms with Gasteiger partial charge in [-0.05, 0) is 63.0 Å². The van der Waals surface area contributed by atoms with Crippen LogP contribution in [0.5, 0.6) is 0 Å². The average molecular weight is 207 g/mol. The topological polar surface area (TPSA) is 3.24 Å². The highest BCUT2D eigenvalue weighted by atomic mass is 19.1. The summed E-state index contributed by atoms with van der Waals surface area (Å²) in [6.45, 7) is 2.36. The van der Waals surface area contributed by atoms with Crippen LogP contribution in [0.2, 0.25) is 0 Å². The van der Waals surface area contributed by atoms with Crippen LogP contribution in [0.1, 0.15) is 18.4 Å². The van der Waals surface area contributed by atoms with Crippen molar-refractivity contribution >= 4 is 0 Å². The fourth-order valence-electron chi connectivity index (χ4n) is 2.26. The molecule has 0 atom stereocenters. The van der Waals surface area contributed by atoms with Gasteiger partial charge in [0.05, 0.1) is 0 Å². The summed E-state index contributed by atoms with van der Waals surface area (Å²) in [6.07, 6.45) is 3.52. The third-order valence-electron chi connectivity index (χ3n) is 3.25. The molecular formula is C13H18FN. The molecule has 0 bridgehead atoms. The van der Waals surface area contributed by atoms with Gasteiger partial charge < -0.3 is 4.90 Å². The number of rotatable bonds is 2. The molecule has 0 aromatic heterocycles. The molecule has 1 nitrogen and oxygen atoms in total. The van der Waals surface area contributed by atoms with Crippen molar-refractivity contribution in [3.8, 4) is 0 Å². The van der Waals surface area contributed by atoms with Crippen LogP contribution < -0.4 is 0 Å². The lowest BCUT2D eigenvalue weighted by Gasteiger charge is -2.28. The minimum atomic E-state index is -0.111. The van der Waals surface area contributed by atoms with Crippen molar-refractivity contribution in [1.29, 1.82) is 0 Å². The summed E-state index contributed by atoms with van der Waals surface area (Å²) in [6, 6.07) is 7.01. The Kier molecular flexibility index (Phi) is 3.37. The van der Waals surface area contributed by atoms with Crippen LogP contribution in [0.15, 0.2) is 24.3 Å². The van der Waals surface area contributed by atoms with Gasteiger partial charge in [0.1, 0.15) is 5.82 Å². The zero-order valence-electron chi connectivity index (χ0n) is 9.25. The molecular weight excluding hydrogens is 189 g/mol. The van der Waals surface area contributed by atoms with Gasteiger partial charge in [-0.15, -0.1) is 0 Å². The lowest BCUT2D eigenvalue weighted by atomic mass is 9.90. The summed E-state index contributed by atoms with van der Waals surface area (Å²) < 4.78 is 13.0. The lowest BCUT2D eigenvalue weighted by molar-refractivity contribution is 0.219. The van der Waals surface area contributed by atoms with Gasteiger partial charge >= 0.3 is 0 Å². The van der Waals surface area contributed by atoms with Gasteiger partial charge in [-0.25, -0.2) is 4.39 Å². The Morgan fingerprint density at radius 3 is 2.73 bits per heavy atom. The van der Waals surface area contributed by atoms with E-state index in [-0.39, 0.29) is 5.82 Å². The first kappa shape index (κ1) is 10.6. The normalized spacial score (nSPS) is 19.3. The molecule has 1 aromatic rings. The SMILES string of the molecule is CN1CCC(Cc2cccc(F)c2)CC1. The van der Waals surface area contributed by atoms with Crippen LogP contribution in [0, 0.1) is 11.7 Å². The summed E-state index contributed by atoms with van der Waals surface area (Å²) in [5, 5.41) is 0. The summed E-state index contributed by atoms with van der Waals surface area (Å²) in [4.78, 5) is 2.36. The van der Waals surface area contributed by atoms with Crippen molar-refractivity contribution in [3.05, 3.63) is 35.6 Å². The molecule has 0 unspecified atom stereocenters. The fourth-order valence-corrected chi connectivity index (χ4v) is 2.26. The molecule has 0 aliphatic carbocycles. The van der Waals surface area contributed by atoms with Gasteiger partial charge in [-0.2, -0.15) is 0 Å². The fraction of sp³-hybridized carbons (Fsp3) is 0.538. The number of benzene rings is 1. The molecule has 0 N–H and O–H groups in total. The number of nitrogens with zero attached hydrogens (tertiary/aromatic N) is 1. The molecule has 15 heavy (non-hydrogen) atoms. The highest BCUT2D eigenvalue weighted by Crippen LogP contribution is 2.20. The maximum atomic E-state index is 13.0. The van der Waals surface area contributed by atoms with Crippen LogP contribution in [-0.2, 0) is 6.42 Å². The standard InChI is InChI=1S/C13H18FN/c1-15-7-5-11(6-8-15)9-12-3-2-4-13(14)10-12/h2-4,10-11H,5-9H2,1H3. The van der Waals surface area contributed by atoms with Crippen LogP contribution in [0.25, 0.3) is 0 Å². The summed E-state index contributed by atoms with van der Waals surface area (Å²) in [5.41, 5.74) is 1.14. The Hall–Kier alpha value is -0.890. The van der Waals surface area contributed by atoms with Gasteiger partial charge in [0.25, 0.3) is 0 Å². The van der Waals surface area contributed by atoms with Crippen molar-refractivity contribution < 1.29 is 4.39 Å². The van der Waals surface area contributed by atoms with Crippen LogP contribution in [-0.4, -0.2) is 25.0 Å². The molecule has 1 aliphatic heterocycles. The second kappa shape index (κ2) is 4.75. The zero-order chi connectivity index (χ0) is 10.7. The first-order valence-electron chi connectivity index (χ1n) is 5.67. The second-order valence-electron chi connectivity index (χ2n) is 4.58. The first-order chi connectivity index (χ1) is 7.24. The first-order valence-corrected chi connectivity index (χ1v) is 5.67. The minimum absolute atomic E-state index is 0.111. The highest BCUT2D eigenvalue weighted by molar-refractivity contribution is 5.16. The van der Waals surface area contributed by atoms with E-state index >= 15 is 0 Å². The van der Waals surface area contributed by atoms with Gasteiger partial charge in [-0.3, -0.25) is 0 Å². The van der Waals surface area contributed by atoms with E-state index in [1.165, 1.54) is 32.0 Å². The van der Waals surface area contributed by atoms with Gasteiger partial charge in [0, 0.05) is 0 Å². The Labute approximate surface area is 90.9 Å². The zero-order valence-corrected chi connectivity index (χ0v) is 9.25. The van der Waals surface area contributed by atoms with E-state index in [4.69, 9.17) is 0 Å². The molecule has 82 valence electrons. The van der Waals surface area contributed by atoms with Gasteiger partial charge in [0.2, 0.25) is 0 Å². The van der Waals surface area contributed by atoms with Gasteiger partial charge in [-0.1, -0.05) is 12.1 Å². The van der Waals surface area contributed by atoms with E-state index in [0.717, 1.165) is 17.9 Å². The molecule has 1 saturated heterocycles. The lowest BCUT2D eigenvalue weighted by Crippen LogP contribution is -2.30. The van der Waals surface area contributed by atoms with Crippen molar-refractivity contribution in [2.75, 3.05) is 20.1 Å². The quantitative estimate of drug-likeness (QED) is 0.720. The van der Waals surface area contributed by atoms with Crippen LogP contribution >= 0.6 is 0 Å². The largest absolute Gasteiger partial charge is 0.306 e. The van der Waals surface area contributed by atoms with E-state index in [0.29, 0.717) is 0 Å². The molecule has 1 aromatic carbocycles. The Balaban J connectivity index is 1.92. The van der Waals surface area contributed by atoms with Crippen molar-refractivity contribution in [3.63, 3.8) is 0 Å². The molecule has 2 rings (SSSR count). The van der Waals surface area contributed by atoms with Crippen molar-refractivity contribution in [2.24, 2.45) is 5.92 Å². The smallest absolute Gasteiger partial charge is 0.123 e. The maximum absolute atomic E-state index is 13.0. The number of likely N-dealkylation sites (tertiary alicyclic amines) is 1. The Morgan fingerprint density at radius 1 is 1.33 bits per heavy atom. The van der Waals surface area contributed by atoms with E-state index in [1.807, 2.05) is 6.07 Å². The Morgan fingerprint density at radius 2 is 2.07 bits per heavy atom. The van der Waals surface area contributed by atoms with E-state index in [2.05, 4.69) is 11.9 Å². The molecule has 1 heterocycles. The van der Waals surface area contributed by atoms with Crippen LogP contribution in [0.3, 0.4) is 0 Å². The number of hydrogen-bond acceptors (Lipinski definition) is 1.